The predicted molar refractivity (Wildman–Crippen MR) is 132 cm³/mol. The average molecular weight is 495 g/mol. The van der Waals surface area contributed by atoms with Crippen molar-refractivity contribution in [1.29, 1.82) is 0 Å². The highest BCUT2D eigenvalue weighted by Crippen LogP contribution is 2.21. The lowest BCUT2D eigenvalue weighted by molar-refractivity contribution is -0.118. The Bertz CT molecular complexity index is 1510. The molecular formula is C24H22N4O4S2. The van der Waals surface area contributed by atoms with Crippen LogP contribution in [0.3, 0.4) is 0 Å². The van der Waals surface area contributed by atoms with Gasteiger partial charge in [-0.25, -0.2) is 18.5 Å². The molecule has 10 heteroatoms. The van der Waals surface area contributed by atoms with Crippen molar-refractivity contribution in [3.63, 3.8) is 0 Å². The normalized spacial score (nSPS) is 11.5. The molecule has 4 aromatic rings. The molecule has 0 saturated carbocycles. The van der Waals surface area contributed by atoms with E-state index in [9.17, 15) is 18.0 Å². The molecule has 1 amide bonds. The molecule has 0 aliphatic heterocycles. The zero-order valence-electron chi connectivity index (χ0n) is 18.3. The third-order valence-electron chi connectivity index (χ3n) is 5.11. The first-order valence-corrected chi connectivity index (χ1v) is 12.9. The molecule has 174 valence electrons. The smallest absolute Gasteiger partial charge is 0.266 e. The van der Waals surface area contributed by atoms with Gasteiger partial charge in [-0.05, 0) is 48.9 Å². The second-order valence-corrected chi connectivity index (χ2v) is 10.1. The van der Waals surface area contributed by atoms with Crippen molar-refractivity contribution >= 4 is 38.6 Å². The summed E-state index contributed by atoms with van der Waals surface area (Å²) in [5.74, 6) is -0.204. The molecule has 0 aliphatic rings. The Morgan fingerprint density at radius 3 is 2.38 bits per heavy atom. The van der Waals surface area contributed by atoms with Gasteiger partial charge in [-0.3, -0.25) is 14.2 Å². The number of carbonyl (C=O) groups is 1. The van der Waals surface area contributed by atoms with Crippen LogP contribution < -0.4 is 16.0 Å². The number of primary sulfonamides is 1. The number of nitrogens with zero attached hydrogens (tertiary/aromatic N) is 2. The molecule has 0 unspecified atom stereocenters. The number of hydrogen-bond acceptors (Lipinski definition) is 6. The van der Waals surface area contributed by atoms with Crippen LogP contribution in [0.5, 0.6) is 0 Å². The van der Waals surface area contributed by atoms with Crippen LogP contribution in [0.2, 0.25) is 0 Å². The molecule has 0 saturated heterocycles. The average Bonchev–Trinajstić information content (AvgIpc) is 2.82. The Labute approximate surface area is 200 Å². The maximum Gasteiger partial charge on any atom is 0.266 e. The summed E-state index contributed by atoms with van der Waals surface area (Å²) in [5.41, 5.74) is 2.83. The molecule has 3 N–H and O–H groups in total. The minimum absolute atomic E-state index is 0.00888. The van der Waals surface area contributed by atoms with Crippen LogP contribution in [0.25, 0.3) is 16.6 Å². The van der Waals surface area contributed by atoms with Crippen molar-refractivity contribution in [2.24, 2.45) is 5.14 Å². The van der Waals surface area contributed by atoms with Crippen LogP contribution in [0.1, 0.15) is 11.1 Å². The highest BCUT2D eigenvalue weighted by molar-refractivity contribution is 7.99. The summed E-state index contributed by atoms with van der Waals surface area (Å²) < 4.78 is 24.2. The van der Waals surface area contributed by atoms with Crippen molar-refractivity contribution in [2.75, 3.05) is 5.75 Å². The zero-order valence-corrected chi connectivity index (χ0v) is 19.9. The molecule has 0 spiro atoms. The van der Waals surface area contributed by atoms with E-state index < -0.39 is 10.0 Å². The lowest BCUT2D eigenvalue weighted by Gasteiger charge is -2.13. The number of thioether (sulfide) groups is 1. The monoisotopic (exact) mass is 494 g/mol. The molecule has 3 aromatic carbocycles. The molecule has 0 radical (unpaired) electrons. The van der Waals surface area contributed by atoms with Gasteiger partial charge in [0.25, 0.3) is 5.56 Å². The number of fused-ring (bicyclic) bond motifs is 1. The predicted octanol–water partition coefficient (Wildman–Crippen LogP) is 2.75. The fraction of sp³-hybridized carbons (Fsp3) is 0.125. The number of nitrogens with two attached hydrogens (primary N) is 1. The number of aryl methyl sites for hydroxylation is 1. The SMILES string of the molecule is Cc1ccc(-n2c(SCC(=O)NCc3ccc(S(N)(=O)=O)cc3)nc3ccccc3c2=O)cc1. The lowest BCUT2D eigenvalue weighted by Crippen LogP contribution is -2.26. The number of hydrogen-bond donors (Lipinski definition) is 2. The summed E-state index contributed by atoms with van der Waals surface area (Å²) in [6.45, 7) is 2.19. The summed E-state index contributed by atoms with van der Waals surface area (Å²) in [6.07, 6.45) is 0. The molecule has 1 aromatic heterocycles. The number of para-hydroxylation sites is 1. The summed E-state index contributed by atoms with van der Waals surface area (Å²) in [4.78, 5) is 30.4. The summed E-state index contributed by atoms with van der Waals surface area (Å²) >= 11 is 1.17. The van der Waals surface area contributed by atoms with Crippen molar-refractivity contribution in [3.05, 3.63) is 94.3 Å². The van der Waals surface area contributed by atoms with Gasteiger partial charge in [0.15, 0.2) is 5.16 Å². The molecule has 34 heavy (non-hydrogen) atoms. The summed E-state index contributed by atoms with van der Waals surface area (Å²) in [5, 5.41) is 8.81. The standard InChI is InChI=1S/C24H22N4O4S2/c1-16-6-10-18(11-7-16)28-23(30)20-4-2-3-5-21(20)27-24(28)33-15-22(29)26-14-17-8-12-19(13-9-17)34(25,31)32/h2-13H,14-15H2,1H3,(H,26,29)(H2,25,31,32). The summed E-state index contributed by atoms with van der Waals surface area (Å²) in [6, 6.07) is 20.6. The van der Waals surface area contributed by atoms with Crippen LogP contribution >= 0.6 is 11.8 Å². The van der Waals surface area contributed by atoms with Gasteiger partial charge in [0, 0.05) is 6.54 Å². The van der Waals surface area contributed by atoms with Crippen LogP contribution in [0.4, 0.5) is 0 Å². The molecule has 0 aliphatic carbocycles. The largest absolute Gasteiger partial charge is 0.351 e. The van der Waals surface area contributed by atoms with E-state index in [1.807, 2.05) is 37.3 Å². The number of amides is 1. The topological polar surface area (TPSA) is 124 Å². The molecule has 4 rings (SSSR count). The Morgan fingerprint density at radius 2 is 1.71 bits per heavy atom. The van der Waals surface area contributed by atoms with Crippen LogP contribution in [0.15, 0.2) is 87.6 Å². The quantitative estimate of drug-likeness (QED) is 0.301. The first kappa shape index (κ1) is 23.7. The second kappa shape index (κ2) is 9.80. The Balaban J connectivity index is 1.52. The fourth-order valence-electron chi connectivity index (χ4n) is 3.31. The van der Waals surface area contributed by atoms with Crippen LogP contribution in [-0.2, 0) is 21.4 Å². The van der Waals surface area contributed by atoms with Gasteiger partial charge in [0.2, 0.25) is 15.9 Å². The molecule has 8 nitrogen and oxygen atoms in total. The van der Waals surface area contributed by atoms with Gasteiger partial charge in [-0.2, -0.15) is 0 Å². The highest BCUT2D eigenvalue weighted by atomic mass is 32.2. The van der Waals surface area contributed by atoms with Gasteiger partial charge in [-0.15, -0.1) is 0 Å². The Morgan fingerprint density at radius 1 is 1.03 bits per heavy atom. The van der Waals surface area contributed by atoms with Crippen LogP contribution in [-0.4, -0.2) is 29.6 Å². The summed E-state index contributed by atoms with van der Waals surface area (Å²) in [7, 11) is -3.76. The van der Waals surface area contributed by atoms with E-state index in [0.717, 1.165) is 11.1 Å². The van der Waals surface area contributed by atoms with Gasteiger partial charge in [0.05, 0.1) is 27.2 Å². The number of benzene rings is 3. The molecule has 0 fully saturated rings. The second-order valence-electron chi connectivity index (χ2n) is 7.64. The van der Waals surface area contributed by atoms with Crippen molar-refractivity contribution in [1.82, 2.24) is 14.9 Å². The Hall–Kier alpha value is -3.47. The van der Waals surface area contributed by atoms with E-state index in [4.69, 9.17) is 5.14 Å². The Kier molecular flexibility index (Phi) is 6.82. The maximum atomic E-state index is 13.2. The first-order chi connectivity index (χ1) is 16.2. The molecule has 1 heterocycles. The van der Waals surface area contributed by atoms with Gasteiger partial charge < -0.3 is 5.32 Å². The number of nitrogens with one attached hydrogen (secondary N) is 1. The van der Waals surface area contributed by atoms with E-state index in [1.165, 1.54) is 28.5 Å². The highest BCUT2D eigenvalue weighted by Gasteiger charge is 2.15. The van der Waals surface area contributed by atoms with Crippen LogP contribution in [0, 0.1) is 6.92 Å². The lowest BCUT2D eigenvalue weighted by atomic mass is 10.2. The van der Waals surface area contributed by atoms with E-state index in [1.54, 1.807) is 30.3 Å². The van der Waals surface area contributed by atoms with Crippen molar-refractivity contribution in [2.45, 2.75) is 23.5 Å². The maximum absolute atomic E-state index is 13.2. The molecule has 0 atom stereocenters. The van der Waals surface area contributed by atoms with Gasteiger partial charge in [-0.1, -0.05) is 53.7 Å². The van der Waals surface area contributed by atoms with E-state index in [-0.39, 0.29) is 28.7 Å². The van der Waals surface area contributed by atoms with Gasteiger partial charge >= 0.3 is 0 Å². The van der Waals surface area contributed by atoms with Crippen molar-refractivity contribution in [3.8, 4) is 5.69 Å². The first-order valence-electron chi connectivity index (χ1n) is 10.3. The third-order valence-corrected chi connectivity index (χ3v) is 6.98. The van der Waals surface area contributed by atoms with E-state index >= 15 is 0 Å². The third kappa shape index (κ3) is 5.36. The molecular weight excluding hydrogens is 472 g/mol. The van der Waals surface area contributed by atoms with Gasteiger partial charge in [0.1, 0.15) is 0 Å². The number of sulfonamides is 1. The van der Waals surface area contributed by atoms with E-state index in [0.29, 0.717) is 21.7 Å². The minimum Gasteiger partial charge on any atom is -0.351 e. The molecule has 0 bridgehead atoms. The zero-order chi connectivity index (χ0) is 24.3. The fourth-order valence-corrected chi connectivity index (χ4v) is 4.67. The minimum atomic E-state index is -3.76. The number of rotatable bonds is 7. The number of aromatic nitrogens is 2. The van der Waals surface area contributed by atoms with E-state index in [2.05, 4.69) is 10.3 Å². The number of carbonyl (C=O) groups excluding carboxylic acids is 1. The van der Waals surface area contributed by atoms with Crippen molar-refractivity contribution < 1.29 is 13.2 Å².